The Balaban J connectivity index is 2.01. The average Bonchev–Trinajstić information content (AvgIpc) is 3.20. The fourth-order valence-electron chi connectivity index (χ4n) is 2.25. The number of aromatic nitrogens is 1. The Morgan fingerprint density at radius 1 is 1.38 bits per heavy atom. The highest BCUT2D eigenvalue weighted by Gasteiger charge is 2.33. The van der Waals surface area contributed by atoms with Gasteiger partial charge in [0.05, 0.1) is 16.8 Å². The van der Waals surface area contributed by atoms with Gasteiger partial charge in [0.25, 0.3) is 0 Å². The molecular formula is C15H13Cl2NO2S. The van der Waals surface area contributed by atoms with Gasteiger partial charge >= 0.3 is 0 Å². The SMILES string of the molecule is CSCc1c(Cl)ccc(C(=O)c2cnoc2C2CC2)c1Cl. The summed E-state index contributed by atoms with van der Waals surface area (Å²) in [6.45, 7) is 0. The highest BCUT2D eigenvalue weighted by Crippen LogP contribution is 2.42. The first-order valence-corrected chi connectivity index (χ1v) is 8.73. The van der Waals surface area contributed by atoms with Crippen molar-refractivity contribution in [3.63, 3.8) is 0 Å². The number of carbonyl (C=O) groups is 1. The van der Waals surface area contributed by atoms with Crippen molar-refractivity contribution in [1.29, 1.82) is 0 Å². The molecule has 2 aromatic rings. The summed E-state index contributed by atoms with van der Waals surface area (Å²) in [4.78, 5) is 12.7. The van der Waals surface area contributed by atoms with Crippen molar-refractivity contribution in [3.05, 3.63) is 50.8 Å². The molecule has 3 nitrogen and oxygen atoms in total. The average molecular weight is 342 g/mol. The van der Waals surface area contributed by atoms with Crippen LogP contribution in [-0.2, 0) is 5.75 Å². The first kappa shape index (κ1) is 14.9. The third-order valence-corrected chi connectivity index (χ3v) is 4.87. The van der Waals surface area contributed by atoms with Crippen LogP contribution in [0.2, 0.25) is 10.0 Å². The molecule has 0 spiro atoms. The van der Waals surface area contributed by atoms with Gasteiger partial charge in [-0.1, -0.05) is 28.4 Å². The summed E-state index contributed by atoms with van der Waals surface area (Å²) in [7, 11) is 0. The van der Waals surface area contributed by atoms with Crippen LogP contribution in [0.1, 0.15) is 46.0 Å². The summed E-state index contributed by atoms with van der Waals surface area (Å²) in [6.07, 6.45) is 5.53. The van der Waals surface area contributed by atoms with E-state index >= 15 is 0 Å². The molecule has 0 unspecified atom stereocenters. The predicted molar refractivity (Wildman–Crippen MR) is 85.6 cm³/mol. The molecule has 21 heavy (non-hydrogen) atoms. The lowest BCUT2D eigenvalue weighted by Crippen LogP contribution is -2.05. The number of hydrogen-bond acceptors (Lipinski definition) is 4. The normalized spacial score (nSPS) is 14.4. The molecule has 0 amide bonds. The van der Waals surface area contributed by atoms with E-state index in [2.05, 4.69) is 5.16 Å². The topological polar surface area (TPSA) is 43.1 Å². The van der Waals surface area contributed by atoms with Gasteiger partial charge in [0.2, 0.25) is 0 Å². The standard InChI is InChI=1S/C15H13Cl2NO2S/c1-21-7-11-12(16)5-4-9(13(11)17)14(19)10-6-18-20-15(10)8-2-3-8/h4-6,8H,2-3,7H2,1H3. The summed E-state index contributed by atoms with van der Waals surface area (Å²) < 4.78 is 5.23. The lowest BCUT2D eigenvalue weighted by atomic mass is 10.0. The first-order chi connectivity index (χ1) is 10.1. The molecular weight excluding hydrogens is 329 g/mol. The molecule has 0 aliphatic heterocycles. The van der Waals surface area contributed by atoms with Crippen molar-refractivity contribution in [1.82, 2.24) is 5.16 Å². The lowest BCUT2D eigenvalue weighted by molar-refractivity contribution is 0.103. The molecule has 110 valence electrons. The molecule has 1 aromatic heterocycles. The molecule has 1 fully saturated rings. The van der Waals surface area contributed by atoms with Gasteiger partial charge in [0, 0.05) is 22.3 Å². The number of rotatable bonds is 5. The van der Waals surface area contributed by atoms with E-state index < -0.39 is 0 Å². The van der Waals surface area contributed by atoms with Crippen molar-refractivity contribution in [2.24, 2.45) is 0 Å². The fourth-order valence-corrected chi connectivity index (χ4v) is 3.59. The largest absolute Gasteiger partial charge is 0.360 e. The van der Waals surface area contributed by atoms with E-state index in [9.17, 15) is 4.79 Å². The second kappa shape index (κ2) is 6.03. The zero-order valence-corrected chi connectivity index (χ0v) is 13.7. The quantitative estimate of drug-likeness (QED) is 0.721. The van der Waals surface area contributed by atoms with Crippen LogP contribution in [0.5, 0.6) is 0 Å². The summed E-state index contributed by atoms with van der Waals surface area (Å²) >= 11 is 14.2. The second-order valence-electron chi connectivity index (χ2n) is 5.03. The monoisotopic (exact) mass is 341 g/mol. The minimum absolute atomic E-state index is 0.151. The molecule has 6 heteroatoms. The molecule has 1 aliphatic rings. The lowest BCUT2D eigenvalue weighted by Gasteiger charge is -2.10. The molecule has 0 bridgehead atoms. The summed E-state index contributed by atoms with van der Waals surface area (Å²) in [6, 6.07) is 3.39. The van der Waals surface area contributed by atoms with Crippen LogP contribution in [0, 0.1) is 0 Å². The van der Waals surface area contributed by atoms with Crippen molar-refractivity contribution < 1.29 is 9.32 Å². The molecule has 1 heterocycles. The van der Waals surface area contributed by atoms with Crippen LogP contribution in [0.3, 0.4) is 0 Å². The molecule has 1 aromatic carbocycles. The maximum atomic E-state index is 12.7. The predicted octanol–water partition coefficient (Wildman–Crippen LogP) is 4.95. The van der Waals surface area contributed by atoms with Gasteiger partial charge in [-0.15, -0.1) is 0 Å². The third kappa shape index (κ3) is 2.85. The van der Waals surface area contributed by atoms with E-state index in [1.165, 1.54) is 6.20 Å². The smallest absolute Gasteiger partial charge is 0.199 e. The number of carbonyl (C=O) groups excluding carboxylic acids is 1. The number of thioether (sulfide) groups is 1. The Morgan fingerprint density at radius 3 is 2.81 bits per heavy atom. The van der Waals surface area contributed by atoms with Crippen LogP contribution in [0.15, 0.2) is 22.9 Å². The zero-order chi connectivity index (χ0) is 15.0. The minimum atomic E-state index is -0.151. The van der Waals surface area contributed by atoms with Crippen molar-refractivity contribution in [2.45, 2.75) is 24.5 Å². The van der Waals surface area contributed by atoms with E-state index in [-0.39, 0.29) is 5.78 Å². The van der Waals surface area contributed by atoms with Crippen molar-refractivity contribution in [3.8, 4) is 0 Å². The van der Waals surface area contributed by atoms with Gasteiger partial charge in [-0.05, 0) is 36.8 Å². The van der Waals surface area contributed by atoms with Crippen molar-refractivity contribution >= 4 is 40.7 Å². The Kier molecular flexibility index (Phi) is 4.29. The van der Waals surface area contributed by atoms with Gasteiger partial charge < -0.3 is 4.52 Å². The maximum Gasteiger partial charge on any atom is 0.199 e. The Labute approximate surface area is 137 Å². The number of benzene rings is 1. The van der Waals surface area contributed by atoms with E-state index in [1.807, 2.05) is 6.26 Å². The van der Waals surface area contributed by atoms with E-state index in [1.54, 1.807) is 23.9 Å². The highest BCUT2D eigenvalue weighted by molar-refractivity contribution is 7.97. The van der Waals surface area contributed by atoms with Crippen LogP contribution >= 0.6 is 35.0 Å². The third-order valence-electron chi connectivity index (χ3n) is 3.51. The Hall–Kier alpha value is -0.970. The molecule has 3 rings (SSSR count). The molecule has 0 N–H and O–H groups in total. The number of nitrogens with zero attached hydrogens (tertiary/aromatic N) is 1. The number of hydrogen-bond donors (Lipinski definition) is 0. The summed E-state index contributed by atoms with van der Waals surface area (Å²) in [5, 5.41) is 4.77. The molecule has 1 aliphatic carbocycles. The van der Waals surface area contributed by atoms with E-state index in [0.717, 1.165) is 18.4 Å². The van der Waals surface area contributed by atoms with Gasteiger partial charge in [0.15, 0.2) is 11.5 Å². The van der Waals surface area contributed by atoms with Crippen LogP contribution in [-0.4, -0.2) is 17.2 Å². The van der Waals surface area contributed by atoms with E-state index in [4.69, 9.17) is 27.7 Å². The first-order valence-electron chi connectivity index (χ1n) is 6.58. The molecule has 0 saturated heterocycles. The van der Waals surface area contributed by atoms with Gasteiger partial charge in [-0.2, -0.15) is 11.8 Å². The zero-order valence-electron chi connectivity index (χ0n) is 11.4. The fraction of sp³-hybridized carbons (Fsp3) is 0.333. The van der Waals surface area contributed by atoms with Crippen molar-refractivity contribution in [2.75, 3.05) is 6.26 Å². The maximum absolute atomic E-state index is 12.7. The molecule has 1 saturated carbocycles. The van der Waals surface area contributed by atoms with Gasteiger partial charge in [0.1, 0.15) is 0 Å². The van der Waals surface area contributed by atoms with Crippen LogP contribution < -0.4 is 0 Å². The van der Waals surface area contributed by atoms with Gasteiger partial charge in [-0.3, -0.25) is 4.79 Å². The second-order valence-corrected chi connectivity index (χ2v) is 6.68. The van der Waals surface area contributed by atoms with Crippen LogP contribution in [0.4, 0.5) is 0 Å². The highest BCUT2D eigenvalue weighted by atomic mass is 35.5. The van der Waals surface area contributed by atoms with Crippen LogP contribution in [0.25, 0.3) is 0 Å². The van der Waals surface area contributed by atoms with Gasteiger partial charge in [-0.25, -0.2) is 0 Å². The molecule has 0 atom stereocenters. The number of halogens is 2. The summed E-state index contributed by atoms with van der Waals surface area (Å²) in [5.74, 6) is 1.51. The Morgan fingerprint density at radius 2 is 2.14 bits per heavy atom. The van der Waals surface area contributed by atoms with E-state index in [0.29, 0.717) is 38.6 Å². The molecule has 0 radical (unpaired) electrons. The number of ketones is 1. The minimum Gasteiger partial charge on any atom is -0.360 e. The summed E-state index contributed by atoms with van der Waals surface area (Å²) in [5.41, 5.74) is 1.76. The Bertz CT molecular complexity index is 695.